The van der Waals surface area contributed by atoms with Crippen molar-refractivity contribution in [3.8, 4) is 17.4 Å². The molecule has 2 atom stereocenters. The van der Waals surface area contributed by atoms with Crippen LogP contribution in [-0.4, -0.2) is 16.2 Å². The van der Waals surface area contributed by atoms with E-state index in [1.54, 1.807) is 50.4 Å². The van der Waals surface area contributed by atoms with Gasteiger partial charge in [-0.25, -0.2) is 4.98 Å². The summed E-state index contributed by atoms with van der Waals surface area (Å²) in [5.74, 6) is 0.798. The van der Waals surface area contributed by atoms with Crippen LogP contribution in [0.1, 0.15) is 30.0 Å². The smallest absolute Gasteiger partial charge is 0.220 e. The van der Waals surface area contributed by atoms with Crippen molar-refractivity contribution in [3.05, 3.63) is 68.6 Å². The third kappa shape index (κ3) is 4.11. The molecule has 0 saturated heterocycles. The summed E-state index contributed by atoms with van der Waals surface area (Å²) in [7, 11) is 0. The van der Waals surface area contributed by atoms with Crippen LogP contribution < -0.4 is 5.32 Å². The molecule has 2 aromatic carbocycles. The fourth-order valence-corrected chi connectivity index (χ4v) is 3.20. The van der Waals surface area contributed by atoms with Crippen molar-refractivity contribution in [2.24, 2.45) is 0 Å². The Labute approximate surface area is 177 Å². The zero-order valence-corrected chi connectivity index (χ0v) is 17.3. The maximum atomic E-state index is 10.3. The molecule has 1 aromatic heterocycles. The van der Waals surface area contributed by atoms with Gasteiger partial charge in [-0.05, 0) is 49.7 Å². The standard InChI is InChI=1S/C20H16Cl3N3O2/c1-10-16(6-4-13(8-24)18(10)23)26-19(11(2)27)20-25-9-17(28-20)12-3-5-14(21)15(22)7-12/h3-7,9,11,19,26-27H,1-2H3/t11-,19+/m0/s1. The average Bonchev–Trinajstić information content (AvgIpc) is 3.14. The Morgan fingerprint density at radius 3 is 2.57 bits per heavy atom. The Kier molecular flexibility index (Phi) is 6.17. The fraction of sp³-hybridized carbons (Fsp3) is 0.200. The van der Waals surface area contributed by atoms with Crippen LogP contribution >= 0.6 is 34.8 Å². The molecule has 0 bridgehead atoms. The highest BCUT2D eigenvalue weighted by Gasteiger charge is 2.24. The van der Waals surface area contributed by atoms with E-state index in [2.05, 4.69) is 10.3 Å². The van der Waals surface area contributed by atoms with Gasteiger partial charge in [-0.2, -0.15) is 5.26 Å². The maximum absolute atomic E-state index is 10.3. The Hall–Kier alpha value is -2.23. The second-order valence-electron chi connectivity index (χ2n) is 6.27. The third-order valence-corrected chi connectivity index (χ3v) is 5.52. The van der Waals surface area contributed by atoms with Gasteiger partial charge >= 0.3 is 0 Å². The van der Waals surface area contributed by atoms with Crippen LogP contribution in [0.25, 0.3) is 11.3 Å². The molecule has 5 nitrogen and oxygen atoms in total. The van der Waals surface area contributed by atoms with Crippen molar-refractivity contribution in [2.45, 2.75) is 26.0 Å². The van der Waals surface area contributed by atoms with E-state index in [1.165, 1.54) is 0 Å². The molecule has 0 aliphatic carbocycles. The number of oxazole rings is 1. The van der Waals surface area contributed by atoms with Gasteiger partial charge in [0.15, 0.2) is 5.76 Å². The summed E-state index contributed by atoms with van der Waals surface area (Å²) in [4.78, 5) is 4.30. The summed E-state index contributed by atoms with van der Waals surface area (Å²) in [5.41, 5.74) is 2.47. The normalized spacial score (nSPS) is 13.0. The minimum atomic E-state index is -0.811. The number of hydrogen-bond donors (Lipinski definition) is 2. The first kappa shape index (κ1) is 20.5. The molecule has 0 unspecified atom stereocenters. The monoisotopic (exact) mass is 435 g/mol. The van der Waals surface area contributed by atoms with Gasteiger partial charge in [0.25, 0.3) is 0 Å². The quantitative estimate of drug-likeness (QED) is 0.511. The van der Waals surface area contributed by atoms with Crippen molar-refractivity contribution in [1.82, 2.24) is 4.98 Å². The number of nitrogens with zero attached hydrogens (tertiary/aromatic N) is 2. The van der Waals surface area contributed by atoms with Gasteiger partial charge in [0.05, 0.1) is 32.9 Å². The van der Waals surface area contributed by atoms with E-state index >= 15 is 0 Å². The van der Waals surface area contributed by atoms with Crippen LogP contribution in [0, 0.1) is 18.3 Å². The number of anilines is 1. The van der Waals surface area contributed by atoms with Crippen LogP contribution in [0.3, 0.4) is 0 Å². The number of nitrogens with one attached hydrogen (secondary N) is 1. The molecular formula is C20H16Cl3N3O2. The highest BCUT2D eigenvalue weighted by atomic mass is 35.5. The Morgan fingerprint density at radius 2 is 1.93 bits per heavy atom. The summed E-state index contributed by atoms with van der Waals surface area (Å²) in [6.45, 7) is 3.42. The van der Waals surface area contributed by atoms with E-state index in [1.807, 2.05) is 6.07 Å². The molecule has 0 saturated carbocycles. The van der Waals surface area contributed by atoms with Crippen LogP contribution in [0.4, 0.5) is 5.69 Å². The van der Waals surface area contributed by atoms with Crippen molar-refractivity contribution in [1.29, 1.82) is 5.26 Å². The van der Waals surface area contributed by atoms with E-state index < -0.39 is 12.1 Å². The lowest BCUT2D eigenvalue weighted by Crippen LogP contribution is -2.23. The zero-order valence-electron chi connectivity index (χ0n) is 15.0. The number of nitriles is 1. The molecule has 28 heavy (non-hydrogen) atoms. The molecule has 0 spiro atoms. The minimum absolute atomic E-state index is 0.302. The lowest BCUT2D eigenvalue weighted by molar-refractivity contribution is 0.160. The van der Waals surface area contributed by atoms with Gasteiger partial charge in [0, 0.05) is 11.3 Å². The van der Waals surface area contributed by atoms with Gasteiger partial charge in [0.2, 0.25) is 5.89 Å². The number of benzene rings is 2. The zero-order chi connectivity index (χ0) is 20.4. The number of rotatable bonds is 5. The fourth-order valence-electron chi connectivity index (χ4n) is 2.70. The van der Waals surface area contributed by atoms with Gasteiger partial charge in [-0.15, -0.1) is 0 Å². The van der Waals surface area contributed by atoms with Gasteiger partial charge < -0.3 is 14.8 Å². The summed E-state index contributed by atoms with van der Waals surface area (Å²) in [5, 5.41) is 23.8. The van der Waals surface area contributed by atoms with Crippen molar-refractivity contribution >= 4 is 40.5 Å². The van der Waals surface area contributed by atoms with Gasteiger partial charge in [0.1, 0.15) is 12.1 Å². The number of aliphatic hydroxyl groups excluding tert-OH is 1. The van der Waals surface area contributed by atoms with Crippen molar-refractivity contribution in [2.75, 3.05) is 5.32 Å². The van der Waals surface area contributed by atoms with Crippen LogP contribution in [0.2, 0.25) is 15.1 Å². The molecule has 0 fully saturated rings. The maximum Gasteiger partial charge on any atom is 0.220 e. The number of aliphatic hydroxyl groups is 1. The molecule has 0 amide bonds. The van der Waals surface area contributed by atoms with E-state index in [4.69, 9.17) is 44.5 Å². The van der Waals surface area contributed by atoms with E-state index in [9.17, 15) is 5.11 Å². The molecular weight excluding hydrogens is 421 g/mol. The lowest BCUT2D eigenvalue weighted by Gasteiger charge is -2.21. The third-order valence-electron chi connectivity index (χ3n) is 4.29. The van der Waals surface area contributed by atoms with Gasteiger partial charge in [-0.3, -0.25) is 0 Å². The summed E-state index contributed by atoms with van der Waals surface area (Å²) in [6.07, 6.45) is 0.749. The summed E-state index contributed by atoms with van der Waals surface area (Å²) < 4.78 is 5.85. The first-order valence-corrected chi connectivity index (χ1v) is 9.50. The Bertz CT molecular complexity index is 1060. The van der Waals surface area contributed by atoms with E-state index in [0.29, 0.717) is 43.5 Å². The first-order chi connectivity index (χ1) is 13.3. The SMILES string of the molecule is Cc1c(N[C@@H](c2ncc(-c3ccc(Cl)c(Cl)c3)o2)[C@H](C)O)ccc(C#N)c1Cl. The Morgan fingerprint density at radius 1 is 1.18 bits per heavy atom. The number of halogens is 3. The van der Waals surface area contributed by atoms with Crippen LogP contribution in [0.15, 0.2) is 40.9 Å². The molecule has 1 heterocycles. The Balaban J connectivity index is 1.92. The molecule has 144 valence electrons. The van der Waals surface area contributed by atoms with Crippen LogP contribution in [-0.2, 0) is 0 Å². The first-order valence-electron chi connectivity index (χ1n) is 8.36. The average molecular weight is 437 g/mol. The van der Waals surface area contributed by atoms with E-state index in [-0.39, 0.29) is 0 Å². The molecule has 3 aromatic rings. The van der Waals surface area contributed by atoms with Crippen LogP contribution in [0.5, 0.6) is 0 Å². The minimum Gasteiger partial charge on any atom is -0.438 e. The largest absolute Gasteiger partial charge is 0.438 e. The second-order valence-corrected chi connectivity index (χ2v) is 7.46. The highest BCUT2D eigenvalue weighted by Crippen LogP contribution is 2.33. The molecule has 8 heteroatoms. The topological polar surface area (TPSA) is 82.1 Å². The molecule has 2 N–H and O–H groups in total. The lowest BCUT2D eigenvalue weighted by atomic mass is 10.1. The van der Waals surface area contributed by atoms with Gasteiger partial charge in [-0.1, -0.05) is 34.8 Å². The predicted octanol–water partition coefficient (Wildman–Crippen LogP) is 6.02. The second kappa shape index (κ2) is 8.42. The molecule has 0 radical (unpaired) electrons. The van der Waals surface area contributed by atoms with E-state index in [0.717, 1.165) is 5.56 Å². The predicted molar refractivity (Wildman–Crippen MR) is 111 cm³/mol. The van der Waals surface area contributed by atoms with Crippen molar-refractivity contribution < 1.29 is 9.52 Å². The molecule has 0 aliphatic heterocycles. The molecule has 3 rings (SSSR count). The van der Waals surface area contributed by atoms with Crippen molar-refractivity contribution in [3.63, 3.8) is 0 Å². The highest BCUT2D eigenvalue weighted by molar-refractivity contribution is 6.42. The summed E-state index contributed by atoms with van der Waals surface area (Å²) >= 11 is 18.3. The summed E-state index contributed by atoms with van der Waals surface area (Å²) in [6, 6.07) is 9.90. The number of aromatic nitrogens is 1. The number of hydrogen-bond acceptors (Lipinski definition) is 5. The molecule has 0 aliphatic rings.